The van der Waals surface area contributed by atoms with Gasteiger partial charge in [0.05, 0.1) is 0 Å². The molecule has 2 rings (SSSR count). The molecule has 1 N–H and O–H groups in total. The Bertz CT molecular complexity index is 594. The molecule has 21 heavy (non-hydrogen) atoms. The van der Waals surface area contributed by atoms with Crippen molar-refractivity contribution in [1.29, 1.82) is 0 Å². The van der Waals surface area contributed by atoms with Crippen LogP contribution in [0.4, 0.5) is 14.5 Å². The zero-order chi connectivity index (χ0) is 15.4. The predicted molar refractivity (Wildman–Crippen MR) is 82.4 cm³/mol. The lowest BCUT2D eigenvalue weighted by Crippen LogP contribution is -2.19. The minimum Gasteiger partial charge on any atom is -0.378 e. The number of nitrogens with zero attached hydrogens (tertiary/aromatic N) is 1. The SMILES string of the molecule is CC(NCc1cc(F)ccc1F)c1ccc(N(C)C)cc1. The van der Waals surface area contributed by atoms with Crippen molar-refractivity contribution in [2.45, 2.75) is 19.5 Å². The van der Waals surface area contributed by atoms with Gasteiger partial charge in [0.1, 0.15) is 11.6 Å². The van der Waals surface area contributed by atoms with E-state index < -0.39 is 5.82 Å². The third-order valence-electron chi connectivity index (χ3n) is 3.52. The zero-order valence-corrected chi connectivity index (χ0v) is 12.5. The first-order chi connectivity index (χ1) is 9.97. The number of rotatable bonds is 5. The minimum atomic E-state index is -0.420. The van der Waals surface area contributed by atoms with Crippen molar-refractivity contribution in [1.82, 2.24) is 5.32 Å². The van der Waals surface area contributed by atoms with Crippen LogP contribution in [0.2, 0.25) is 0 Å². The van der Waals surface area contributed by atoms with Gasteiger partial charge in [-0.05, 0) is 42.8 Å². The average molecular weight is 290 g/mol. The summed E-state index contributed by atoms with van der Waals surface area (Å²) in [6.45, 7) is 2.29. The molecule has 0 heterocycles. The summed E-state index contributed by atoms with van der Waals surface area (Å²) in [4.78, 5) is 2.03. The molecule has 0 bridgehead atoms. The summed E-state index contributed by atoms with van der Waals surface area (Å²) < 4.78 is 26.7. The van der Waals surface area contributed by atoms with Gasteiger partial charge < -0.3 is 10.2 Å². The molecule has 0 aliphatic heterocycles. The van der Waals surface area contributed by atoms with E-state index in [1.54, 1.807) is 0 Å². The maximum absolute atomic E-state index is 13.6. The Labute approximate surface area is 124 Å². The van der Waals surface area contributed by atoms with Gasteiger partial charge in [-0.2, -0.15) is 0 Å². The largest absolute Gasteiger partial charge is 0.378 e. The Kier molecular flexibility index (Phi) is 4.91. The first-order valence-electron chi connectivity index (χ1n) is 6.92. The van der Waals surface area contributed by atoms with Crippen LogP contribution in [-0.4, -0.2) is 14.1 Å². The molecule has 0 amide bonds. The van der Waals surface area contributed by atoms with Gasteiger partial charge in [0.15, 0.2) is 0 Å². The first-order valence-corrected chi connectivity index (χ1v) is 6.92. The monoisotopic (exact) mass is 290 g/mol. The highest BCUT2D eigenvalue weighted by Gasteiger charge is 2.08. The molecule has 0 radical (unpaired) electrons. The highest BCUT2D eigenvalue weighted by atomic mass is 19.1. The predicted octanol–water partition coefficient (Wildman–Crippen LogP) is 3.88. The van der Waals surface area contributed by atoms with Crippen molar-refractivity contribution >= 4 is 5.69 Å². The number of benzene rings is 2. The number of halogens is 2. The maximum Gasteiger partial charge on any atom is 0.127 e. The molecule has 1 atom stereocenters. The molecule has 4 heteroatoms. The highest BCUT2D eigenvalue weighted by Crippen LogP contribution is 2.18. The molecule has 0 aromatic heterocycles. The second-order valence-electron chi connectivity index (χ2n) is 5.32. The van der Waals surface area contributed by atoms with E-state index >= 15 is 0 Å². The topological polar surface area (TPSA) is 15.3 Å². The van der Waals surface area contributed by atoms with Crippen LogP contribution in [0.15, 0.2) is 42.5 Å². The lowest BCUT2D eigenvalue weighted by molar-refractivity contribution is 0.535. The minimum absolute atomic E-state index is 0.0591. The van der Waals surface area contributed by atoms with Crippen LogP contribution >= 0.6 is 0 Å². The van der Waals surface area contributed by atoms with Gasteiger partial charge in [-0.25, -0.2) is 8.78 Å². The molecule has 112 valence electrons. The quantitative estimate of drug-likeness (QED) is 0.899. The fourth-order valence-corrected chi connectivity index (χ4v) is 2.12. The van der Waals surface area contributed by atoms with Gasteiger partial charge >= 0.3 is 0 Å². The molecule has 0 saturated heterocycles. The van der Waals surface area contributed by atoms with E-state index in [1.807, 2.05) is 50.2 Å². The summed E-state index contributed by atoms with van der Waals surface area (Å²) in [7, 11) is 3.98. The van der Waals surface area contributed by atoms with E-state index in [2.05, 4.69) is 5.32 Å². The number of nitrogens with one attached hydrogen (secondary N) is 1. The van der Waals surface area contributed by atoms with Gasteiger partial charge in [0, 0.05) is 37.9 Å². The van der Waals surface area contributed by atoms with Crippen LogP contribution in [0.3, 0.4) is 0 Å². The van der Waals surface area contributed by atoms with E-state index in [0.29, 0.717) is 12.1 Å². The van der Waals surface area contributed by atoms with Crippen molar-refractivity contribution in [3.63, 3.8) is 0 Å². The highest BCUT2D eigenvalue weighted by molar-refractivity contribution is 5.46. The Morgan fingerprint density at radius 2 is 1.71 bits per heavy atom. The molecule has 1 unspecified atom stereocenters. The summed E-state index contributed by atoms with van der Waals surface area (Å²) in [6.07, 6.45) is 0. The van der Waals surface area contributed by atoms with Crippen molar-refractivity contribution in [3.05, 3.63) is 65.2 Å². The van der Waals surface area contributed by atoms with E-state index in [0.717, 1.165) is 23.4 Å². The molecular weight excluding hydrogens is 270 g/mol. The Morgan fingerprint density at radius 1 is 1.05 bits per heavy atom. The van der Waals surface area contributed by atoms with Crippen molar-refractivity contribution < 1.29 is 8.78 Å². The summed E-state index contributed by atoms with van der Waals surface area (Å²) in [6, 6.07) is 11.7. The van der Waals surface area contributed by atoms with E-state index in [1.165, 1.54) is 6.07 Å². The maximum atomic E-state index is 13.6. The van der Waals surface area contributed by atoms with Crippen LogP contribution in [0.5, 0.6) is 0 Å². The molecule has 0 aliphatic rings. The van der Waals surface area contributed by atoms with E-state index in [-0.39, 0.29) is 11.9 Å². The molecular formula is C17H20F2N2. The Hall–Kier alpha value is -1.94. The standard InChI is InChI=1S/C17H20F2N2/c1-12(13-4-7-16(8-5-13)21(2)3)20-11-14-10-15(18)6-9-17(14)19/h4-10,12,20H,11H2,1-3H3. The van der Waals surface area contributed by atoms with Gasteiger partial charge in [0.25, 0.3) is 0 Å². The fraction of sp³-hybridized carbons (Fsp3) is 0.294. The molecule has 0 fully saturated rings. The average Bonchev–Trinajstić information content (AvgIpc) is 2.48. The smallest absolute Gasteiger partial charge is 0.127 e. The summed E-state index contributed by atoms with van der Waals surface area (Å²) >= 11 is 0. The van der Waals surface area contributed by atoms with Gasteiger partial charge in [-0.3, -0.25) is 0 Å². The van der Waals surface area contributed by atoms with Crippen LogP contribution in [0.25, 0.3) is 0 Å². The Morgan fingerprint density at radius 3 is 2.33 bits per heavy atom. The van der Waals surface area contributed by atoms with Crippen LogP contribution < -0.4 is 10.2 Å². The molecule has 2 aromatic rings. The normalized spacial score (nSPS) is 12.2. The van der Waals surface area contributed by atoms with Crippen molar-refractivity contribution in [2.75, 3.05) is 19.0 Å². The third kappa shape index (κ3) is 4.02. The summed E-state index contributed by atoms with van der Waals surface area (Å²) in [5.41, 5.74) is 2.58. The zero-order valence-electron chi connectivity index (χ0n) is 12.5. The molecule has 0 spiro atoms. The molecule has 2 nitrogen and oxygen atoms in total. The number of anilines is 1. The third-order valence-corrected chi connectivity index (χ3v) is 3.52. The second-order valence-corrected chi connectivity index (χ2v) is 5.32. The number of hydrogen-bond donors (Lipinski definition) is 1. The lowest BCUT2D eigenvalue weighted by Gasteiger charge is -2.17. The molecule has 0 saturated carbocycles. The van der Waals surface area contributed by atoms with Crippen LogP contribution in [0, 0.1) is 11.6 Å². The van der Waals surface area contributed by atoms with Crippen molar-refractivity contribution in [2.24, 2.45) is 0 Å². The van der Waals surface area contributed by atoms with Gasteiger partial charge in [0.2, 0.25) is 0 Å². The van der Waals surface area contributed by atoms with Crippen molar-refractivity contribution in [3.8, 4) is 0 Å². The van der Waals surface area contributed by atoms with E-state index in [4.69, 9.17) is 0 Å². The fourth-order valence-electron chi connectivity index (χ4n) is 2.12. The number of hydrogen-bond acceptors (Lipinski definition) is 2. The first kappa shape index (κ1) is 15.4. The summed E-state index contributed by atoms with van der Waals surface area (Å²) in [5, 5.41) is 3.21. The lowest BCUT2D eigenvalue weighted by atomic mass is 10.1. The second kappa shape index (κ2) is 6.68. The van der Waals surface area contributed by atoms with Crippen LogP contribution in [0.1, 0.15) is 24.1 Å². The van der Waals surface area contributed by atoms with E-state index in [9.17, 15) is 8.78 Å². The van der Waals surface area contributed by atoms with Crippen LogP contribution in [-0.2, 0) is 6.54 Å². The molecule has 0 aliphatic carbocycles. The Balaban J connectivity index is 2.01. The van der Waals surface area contributed by atoms with Gasteiger partial charge in [-0.15, -0.1) is 0 Å². The summed E-state index contributed by atoms with van der Waals surface area (Å²) in [5.74, 6) is -0.810. The molecule has 2 aromatic carbocycles. The van der Waals surface area contributed by atoms with Gasteiger partial charge in [-0.1, -0.05) is 12.1 Å².